The molecule has 1 fully saturated rings. The number of rotatable bonds is 3. The Balaban J connectivity index is 1.81. The van der Waals surface area contributed by atoms with Gasteiger partial charge in [-0.3, -0.25) is 14.8 Å². The lowest BCUT2D eigenvalue weighted by molar-refractivity contribution is -0.125. The number of pyridine rings is 2. The smallest absolute Gasteiger partial charge is 0.222 e. The molecule has 1 aliphatic heterocycles. The summed E-state index contributed by atoms with van der Waals surface area (Å²) in [7, 11) is 1.70. The van der Waals surface area contributed by atoms with Crippen molar-refractivity contribution >= 4 is 11.6 Å². The van der Waals surface area contributed by atoms with Gasteiger partial charge < -0.3 is 10.2 Å². The van der Waals surface area contributed by atoms with Gasteiger partial charge in [-0.25, -0.2) is 0 Å². The number of anilines is 1. The molecule has 0 spiro atoms. The van der Waals surface area contributed by atoms with E-state index in [1.165, 1.54) is 0 Å². The van der Waals surface area contributed by atoms with Crippen LogP contribution >= 0.6 is 0 Å². The first-order chi connectivity index (χ1) is 10.8. The summed E-state index contributed by atoms with van der Waals surface area (Å²) in [5.74, 6) is 0.270. The molecule has 0 aliphatic carbocycles. The van der Waals surface area contributed by atoms with E-state index in [1.54, 1.807) is 19.4 Å². The molecule has 114 valence electrons. The summed E-state index contributed by atoms with van der Waals surface area (Å²) in [6.45, 7) is 1.73. The first-order valence-electron chi connectivity index (χ1n) is 7.61. The zero-order valence-electron chi connectivity index (χ0n) is 12.7. The van der Waals surface area contributed by atoms with Gasteiger partial charge in [-0.2, -0.15) is 0 Å². The number of nitrogens with zero attached hydrogens (tertiary/aromatic N) is 3. The predicted octanol–water partition coefficient (Wildman–Crippen LogP) is 2.11. The topological polar surface area (TPSA) is 58.1 Å². The van der Waals surface area contributed by atoms with Gasteiger partial charge >= 0.3 is 0 Å². The Kier molecular flexibility index (Phi) is 4.32. The first kappa shape index (κ1) is 14.5. The van der Waals surface area contributed by atoms with E-state index < -0.39 is 0 Å². The molecule has 3 rings (SSSR count). The fourth-order valence-electron chi connectivity index (χ4n) is 2.96. The molecule has 5 heteroatoms. The van der Waals surface area contributed by atoms with Gasteiger partial charge in [0.15, 0.2) is 0 Å². The Hall–Kier alpha value is -2.43. The van der Waals surface area contributed by atoms with Crippen molar-refractivity contribution < 1.29 is 4.79 Å². The minimum absolute atomic E-state index is 0.122. The summed E-state index contributed by atoms with van der Waals surface area (Å²) in [5.41, 5.74) is 3.14. The van der Waals surface area contributed by atoms with E-state index in [1.807, 2.05) is 30.5 Å². The fraction of sp³-hybridized carbons (Fsp3) is 0.353. The molecule has 2 aromatic heterocycles. The number of hydrogen-bond acceptors (Lipinski definition) is 4. The molecule has 1 aliphatic rings. The van der Waals surface area contributed by atoms with E-state index >= 15 is 0 Å². The Morgan fingerprint density at radius 2 is 2.05 bits per heavy atom. The van der Waals surface area contributed by atoms with Gasteiger partial charge in [0.25, 0.3) is 0 Å². The highest BCUT2D eigenvalue weighted by molar-refractivity contribution is 5.79. The van der Waals surface area contributed by atoms with Crippen LogP contribution in [-0.2, 0) is 4.79 Å². The number of carbonyl (C=O) groups excluding carboxylic acids is 1. The van der Waals surface area contributed by atoms with Crippen molar-refractivity contribution in [2.75, 3.05) is 25.0 Å². The molecular formula is C17H20N4O. The zero-order chi connectivity index (χ0) is 15.4. The summed E-state index contributed by atoms with van der Waals surface area (Å²) < 4.78 is 0. The van der Waals surface area contributed by atoms with Gasteiger partial charge in [-0.05, 0) is 31.0 Å². The third kappa shape index (κ3) is 2.93. The predicted molar refractivity (Wildman–Crippen MR) is 86.5 cm³/mol. The molecule has 1 amide bonds. The Morgan fingerprint density at radius 3 is 2.73 bits per heavy atom. The van der Waals surface area contributed by atoms with E-state index in [0.717, 1.165) is 42.9 Å². The molecule has 0 bridgehead atoms. The number of amides is 1. The highest BCUT2D eigenvalue weighted by atomic mass is 16.1. The minimum atomic E-state index is 0.122. The Bertz CT molecular complexity index is 636. The van der Waals surface area contributed by atoms with Crippen LogP contribution in [0.5, 0.6) is 0 Å². The monoisotopic (exact) mass is 296 g/mol. The highest BCUT2D eigenvalue weighted by Crippen LogP contribution is 2.31. The SMILES string of the molecule is CNC(=O)C1CCN(c2cnccc2-c2ccccn2)CC1. The van der Waals surface area contributed by atoms with Gasteiger partial charge in [-0.15, -0.1) is 0 Å². The van der Waals surface area contributed by atoms with E-state index in [2.05, 4.69) is 20.2 Å². The van der Waals surface area contributed by atoms with Gasteiger partial charge in [0.1, 0.15) is 0 Å². The van der Waals surface area contributed by atoms with Crippen LogP contribution in [0.4, 0.5) is 5.69 Å². The van der Waals surface area contributed by atoms with Crippen LogP contribution in [0, 0.1) is 5.92 Å². The Morgan fingerprint density at radius 1 is 1.23 bits per heavy atom. The molecule has 22 heavy (non-hydrogen) atoms. The number of nitrogens with one attached hydrogen (secondary N) is 1. The molecule has 5 nitrogen and oxygen atoms in total. The van der Waals surface area contributed by atoms with Crippen molar-refractivity contribution in [2.24, 2.45) is 5.92 Å². The van der Waals surface area contributed by atoms with Crippen molar-refractivity contribution in [3.63, 3.8) is 0 Å². The second-order valence-corrected chi connectivity index (χ2v) is 5.48. The lowest BCUT2D eigenvalue weighted by Crippen LogP contribution is -2.39. The van der Waals surface area contributed by atoms with Crippen LogP contribution in [0.3, 0.4) is 0 Å². The summed E-state index contributed by atoms with van der Waals surface area (Å²) in [6.07, 6.45) is 7.23. The van der Waals surface area contributed by atoms with Crippen molar-refractivity contribution in [1.29, 1.82) is 0 Å². The minimum Gasteiger partial charge on any atom is -0.370 e. The maximum absolute atomic E-state index is 11.7. The number of carbonyl (C=O) groups is 1. The lowest BCUT2D eigenvalue weighted by Gasteiger charge is -2.33. The molecule has 3 heterocycles. The maximum Gasteiger partial charge on any atom is 0.222 e. The molecule has 0 aromatic carbocycles. The first-order valence-corrected chi connectivity index (χ1v) is 7.61. The average Bonchev–Trinajstić information content (AvgIpc) is 2.62. The van der Waals surface area contributed by atoms with Gasteiger partial charge in [0.2, 0.25) is 5.91 Å². The largest absolute Gasteiger partial charge is 0.370 e. The molecule has 0 unspecified atom stereocenters. The summed E-state index contributed by atoms with van der Waals surface area (Å²) >= 11 is 0. The van der Waals surface area contributed by atoms with Crippen LogP contribution < -0.4 is 10.2 Å². The number of aromatic nitrogens is 2. The molecule has 0 saturated carbocycles. The van der Waals surface area contributed by atoms with Crippen molar-refractivity contribution in [3.05, 3.63) is 42.9 Å². The molecule has 0 radical (unpaired) electrons. The van der Waals surface area contributed by atoms with Gasteiger partial charge in [0.05, 0.1) is 17.6 Å². The molecule has 0 atom stereocenters. The van der Waals surface area contributed by atoms with Crippen molar-refractivity contribution in [2.45, 2.75) is 12.8 Å². The lowest BCUT2D eigenvalue weighted by atomic mass is 9.95. The highest BCUT2D eigenvalue weighted by Gasteiger charge is 2.25. The zero-order valence-corrected chi connectivity index (χ0v) is 12.7. The number of piperidine rings is 1. The molecule has 1 N–H and O–H groups in total. The van der Waals surface area contributed by atoms with E-state index in [0.29, 0.717) is 0 Å². The second kappa shape index (κ2) is 6.56. The van der Waals surface area contributed by atoms with E-state index in [9.17, 15) is 4.79 Å². The average molecular weight is 296 g/mol. The van der Waals surface area contributed by atoms with E-state index in [-0.39, 0.29) is 11.8 Å². The number of hydrogen-bond donors (Lipinski definition) is 1. The second-order valence-electron chi connectivity index (χ2n) is 5.48. The maximum atomic E-state index is 11.7. The van der Waals surface area contributed by atoms with Crippen LogP contribution in [-0.4, -0.2) is 36.0 Å². The van der Waals surface area contributed by atoms with Gasteiger partial charge in [0, 0.05) is 44.0 Å². The Labute approximate surface area is 130 Å². The normalized spacial score (nSPS) is 15.6. The third-order valence-corrected chi connectivity index (χ3v) is 4.19. The van der Waals surface area contributed by atoms with Crippen LogP contribution in [0.15, 0.2) is 42.9 Å². The molecular weight excluding hydrogens is 276 g/mol. The van der Waals surface area contributed by atoms with Crippen LogP contribution in [0.1, 0.15) is 12.8 Å². The third-order valence-electron chi connectivity index (χ3n) is 4.19. The van der Waals surface area contributed by atoms with Crippen molar-refractivity contribution in [1.82, 2.24) is 15.3 Å². The molecule has 2 aromatic rings. The standard InChI is InChI=1S/C17H20N4O/c1-18-17(22)13-6-10-21(11-7-13)16-12-19-9-5-14(16)15-4-2-3-8-20-15/h2-5,8-9,12-13H,6-7,10-11H2,1H3,(H,18,22). The quantitative estimate of drug-likeness (QED) is 0.942. The summed E-state index contributed by atoms with van der Waals surface area (Å²) in [5, 5.41) is 2.75. The van der Waals surface area contributed by atoms with Gasteiger partial charge in [-0.1, -0.05) is 6.07 Å². The van der Waals surface area contributed by atoms with Crippen LogP contribution in [0.2, 0.25) is 0 Å². The van der Waals surface area contributed by atoms with E-state index in [4.69, 9.17) is 0 Å². The van der Waals surface area contributed by atoms with Crippen LogP contribution in [0.25, 0.3) is 11.3 Å². The fourth-order valence-corrected chi connectivity index (χ4v) is 2.96. The summed E-state index contributed by atoms with van der Waals surface area (Å²) in [6, 6.07) is 7.92. The summed E-state index contributed by atoms with van der Waals surface area (Å²) in [4.78, 5) is 22.8. The molecule has 1 saturated heterocycles. The van der Waals surface area contributed by atoms with Crippen molar-refractivity contribution in [3.8, 4) is 11.3 Å².